The summed E-state index contributed by atoms with van der Waals surface area (Å²) in [7, 11) is 1.58. The van der Waals surface area contributed by atoms with Crippen molar-refractivity contribution in [3.63, 3.8) is 0 Å². The van der Waals surface area contributed by atoms with E-state index in [9.17, 15) is 4.79 Å². The lowest BCUT2D eigenvalue weighted by molar-refractivity contribution is -0.137. The largest absolute Gasteiger partial charge is 0.467 e. The van der Waals surface area contributed by atoms with E-state index in [-0.39, 0.29) is 17.9 Å². The van der Waals surface area contributed by atoms with Gasteiger partial charge in [-0.25, -0.2) is 9.99 Å². The summed E-state index contributed by atoms with van der Waals surface area (Å²) in [5.41, 5.74) is 1.15. The number of amides is 1. The van der Waals surface area contributed by atoms with Gasteiger partial charge in [0, 0.05) is 37.8 Å². The Bertz CT molecular complexity index is 904. The first kappa shape index (κ1) is 18.1. The maximum Gasteiger partial charge on any atom is 0.318 e. The molecule has 5 rings (SSSR count). The number of carbonyl (C=O) groups excluding carboxylic acids is 1. The Morgan fingerprint density at radius 1 is 1.10 bits per heavy atom. The second kappa shape index (κ2) is 7.46. The number of benzene rings is 1. The van der Waals surface area contributed by atoms with Crippen LogP contribution in [0.15, 0.2) is 47.7 Å². The van der Waals surface area contributed by atoms with Gasteiger partial charge in [0.2, 0.25) is 5.91 Å². The highest BCUT2D eigenvalue weighted by Gasteiger charge is 2.46. The highest BCUT2D eigenvalue weighted by molar-refractivity contribution is 5.82. The minimum absolute atomic E-state index is 0.0362. The van der Waals surface area contributed by atoms with Gasteiger partial charge in [-0.15, -0.1) is 0 Å². The molecule has 0 radical (unpaired) electrons. The zero-order valence-electron chi connectivity index (χ0n) is 16.5. The second-order valence-electron chi connectivity index (χ2n) is 8.14. The van der Waals surface area contributed by atoms with Gasteiger partial charge >= 0.3 is 6.01 Å². The zero-order chi connectivity index (χ0) is 19.8. The number of carbonyl (C=O) groups is 1. The Morgan fingerprint density at radius 2 is 1.86 bits per heavy atom. The number of hydrogen-bond donors (Lipinski definition) is 0. The van der Waals surface area contributed by atoms with Crippen LogP contribution in [0.1, 0.15) is 30.9 Å². The first-order chi connectivity index (χ1) is 14.2. The molecule has 150 valence electrons. The van der Waals surface area contributed by atoms with E-state index in [2.05, 4.69) is 32.1 Å². The second-order valence-corrected chi connectivity index (χ2v) is 8.14. The molecule has 1 aliphatic carbocycles. The van der Waals surface area contributed by atoms with Crippen molar-refractivity contribution in [2.75, 3.05) is 25.1 Å². The highest BCUT2D eigenvalue weighted by Crippen LogP contribution is 2.44. The van der Waals surface area contributed by atoms with Gasteiger partial charge in [0.05, 0.1) is 13.2 Å². The van der Waals surface area contributed by atoms with E-state index >= 15 is 0 Å². The molecule has 7 heteroatoms. The Kier molecular flexibility index (Phi) is 4.66. The molecular weight excluding hydrogens is 366 g/mol. The van der Waals surface area contributed by atoms with Crippen LogP contribution in [0.4, 0.5) is 5.82 Å². The Hall–Kier alpha value is -2.96. The van der Waals surface area contributed by atoms with Crippen LogP contribution < -0.4 is 9.64 Å². The van der Waals surface area contributed by atoms with Gasteiger partial charge in [0.1, 0.15) is 5.82 Å². The maximum atomic E-state index is 13.3. The fourth-order valence-electron chi connectivity index (χ4n) is 5.06. The predicted octanol–water partition coefficient (Wildman–Crippen LogP) is 2.91. The van der Waals surface area contributed by atoms with Crippen molar-refractivity contribution in [3.05, 3.63) is 48.2 Å². The molecule has 2 aromatic rings. The summed E-state index contributed by atoms with van der Waals surface area (Å²) in [6.07, 6.45) is 6.25. The third-order valence-corrected chi connectivity index (χ3v) is 6.47. The Labute approximate surface area is 170 Å². The summed E-state index contributed by atoms with van der Waals surface area (Å²) < 4.78 is 5.15. The SMILES string of the molecule is COc1nccc(N2C[C@H]3C[C@H](C(=O)N4N=CC[C@@H]4c4ccccc4)C[C@H]3C2)n1. The molecule has 1 aromatic heterocycles. The van der Waals surface area contributed by atoms with Crippen molar-refractivity contribution in [2.45, 2.75) is 25.3 Å². The normalized spacial score (nSPS) is 28.0. The molecule has 1 aromatic carbocycles. The molecule has 3 aliphatic rings. The van der Waals surface area contributed by atoms with Gasteiger partial charge < -0.3 is 9.64 Å². The lowest BCUT2D eigenvalue weighted by Crippen LogP contribution is -2.33. The van der Waals surface area contributed by atoms with Crippen molar-refractivity contribution in [2.24, 2.45) is 22.9 Å². The summed E-state index contributed by atoms with van der Waals surface area (Å²) >= 11 is 0. The average molecular weight is 391 g/mol. The van der Waals surface area contributed by atoms with Gasteiger partial charge in [-0.2, -0.15) is 10.1 Å². The van der Waals surface area contributed by atoms with Crippen molar-refractivity contribution in [1.29, 1.82) is 0 Å². The summed E-state index contributed by atoms with van der Waals surface area (Å²) in [4.78, 5) is 24.1. The van der Waals surface area contributed by atoms with Crippen molar-refractivity contribution < 1.29 is 9.53 Å². The molecule has 1 amide bonds. The Balaban J connectivity index is 1.24. The van der Waals surface area contributed by atoms with Crippen LogP contribution in [0.3, 0.4) is 0 Å². The molecule has 2 fully saturated rings. The quantitative estimate of drug-likeness (QED) is 0.801. The molecule has 2 aliphatic heterocycles. The van der Waals surface area contributed by atoms with E-state index in [1.807, 2.05) is 30.5 Å². The summed E-state index contributed by atoms with van der Waals surface area (Å²) in [6.45, 7) is 1.86. The maximum absolute atomic E-state index is 13.3. The smallest absolute Gasteiger partial charge is 0.318 e. The van der Waals surface area contributed by atoms with Crippen LogP contribution in [-0.2, 0) is 4.79 Å². The molecule has 1 saturated carbocycles. The number of methoxy groups -OCH3 is 1. The monoisotopic (exact) mass is 391 g/mol. The third-order valence-electron chi connectivity index (χ3n) is 6.47. The molecule has 29 heavy (non-hydrogen) atoms. The van der Waals surface area contributed by atoms with Crippen LogP contribution >= 0.6 is 0 Å². The molecule has 0 spiro atoms. The molecular formula is C22H25N5O2. The van der Waals surface area contributed by atoms with Crippen LogP contribution in [0.5, 0.6) is 6.01 Å². The number of hydrazone groups is 1. The minimum atomic E-state index is 0.0362. The van der Waals surface area contributed by atoms with E-state index in [4.69, 9.17) is 4.74 Å². The number of hydrogen-bond acceptors (Lipinski definition) is 6. The van der Waals surface area contributed by atoms with E-state index in [0.717, 1.165) is 43.7 Å². The number of anilines is 1. The topological polar surface area (TPSA) is 70.9 Å². The van der Waals surface area contributed by atoms with E-state index < -0.39 is 0 Å². The van der Waals surface area contributed by atoms with E-state index in [0.29, 0.717) is 17.8 Å². The Morgan fingerprint density at radius 3 is 2.59 bits per heavy atom. The van der Waals surface area contributed by atoms with E-state index in [1.165, 1.54) is 0 Å². The fourth-order valence-corrected chi connectivity index (χ4v) is 5.06. The molecule has 0 N–H and O–H groups in total. The number of ether oxygens (including phenoxy) is 1. The van der Waals surface area contributed by atoms with Crippen molar-refractivity contribution in [3.8, 4) is 6.01 Å². The predicted molar refractivity (Wildman–Crippen MR) is 110 cm³/mol. The lowest BCUT2D eigenvalue weighted by Gasteiger charge is -2.26. The number of aromatic nitrogens is 2. The van der Waals surface area contributed by atoms with Gasteiger partial charge in [-0.1, -0.05) is 30.3 Å². The third kappa shape index (κ3) is 3.34. The fraction of sp³-hybridized carbons (Fsp3) is 0.455. The zero-order valence-corrected chi connectivity index (χ0v) is 16.5. The standard InChI is InChI=1S/C22H25N5O2/c1-29-22-23-9-8-20(25-22)26-13-17-11-16(12-18(17)14-26)21(28)27-19(7-10-24-27)15-5-3-2-4-6-15/h2-6,8-10,16-19H,7,11-14H2,1H3/t16-,17+,18-,19-/m1/s1. The summed E-state index contributed by atoms with van der Waals surface area (Å²) in [5, 5.41) is 6.16. The van der Waals surface area contributed by atoms with Gasteiger partial charge in [-0.05, 0) is 36.3 Å². The first-order valence-corrected chi connectivity index (χ1v) is 10.3. The van der Waals surface area contributed by atoms with Crippen molar-refractivity contribution >= 4 is 17.9 Å². The number of nitrogens with zero attached hydrogens (tertiary/aromatic N) is 5. The first-order valence-electron chi connectivity index (χ1n) is 10.3. The summed E-state index contributed by atoms with van der Waals surface area (Å²) in [6, 6.07) is 12.6. The van der Waals surface area contributed by atoms with Crippen LogP contribution in [-0.4, -0.2) is 47.3 Å². The number of rotatable bonds is 4. The van der Waals surface area contributed by atoms with Crippen LogP contribution in [0.25, 0.3) is 0 Å². The van der Waals surface area contributed by atoms with Crippen molar-refractivity contribution in [1.82, 2.24) is 15.0 Å². The van der Waals surface area contributed by atoms with Crippen LogP contribution in [0, 0.1) is 17.8 Å². The molecule has 0 unspecified atom stereocenters. The van der Waals surface area contributed by atoms with Gasteiger partial charge in [0.25, 0.3) is 0 Å². The van der Waals surface area contributed by atoms with E-state index in [1.54, 1.807) is 18.3 Å². The average Bonchev–Trinajstić information content (AvgIpc) is 3.48. The molecule has 4 atom stereocenters. The molecule has 0 bridgehead atoms. The van der Waals surface area contributed by atoms with Crippen LogP contribution in [0.2, 0.25) is 0 Å². The summed E-state index contributed by atoms with van der Waals surface area (Å²) in [5.74, 6) is 2.19. The highest BCUT2D eigenvalue weighted by atomic mass is 16.5. The molecule has 7 nitrogen and oxygen atoms in total. The lowest BCUT2D eigenvalue weighted by atomic mass is 10.0. The molecule has 3 heterocycles. The molecule has 1 saturated heterocycles. The van der Waals surface area contributed by atoms with Gasteiger partial charge in [-0.3, -0.25) is 4.79 Å². The van der Waals surface area contributed by atoms with Gasteiger partial charge in [0.15, 0.2) is 0 Å². The minimum Gasteiger partial charge on any atom is -0.467 e. The number of fused-ring (bicyclic) bond motifs is 1.